The first-order chi connectivity index (χ1) is 12.5. The van der Waals surface area contributed by atoms with E-state index in [4.69, 9.17) is 9.47 Å². The minimum atomic E-state index is -0.452. The molecule has 0 spiro atoms. The molecule has 5 nitrogen and oxygen atoms in total. The number of carbonyl (C=O) groups excluding carboxylic acids is 1. The summed E-state index contributed by atoms with van der Waals surface area (Å²) in [5.41, 5.74) is 3.43. The van der Waals surface area contributed by atoms with Crippen molar-refractivity contribution in [1.82, 2.24) is 0 Å². The van der Waals surface area contributed by atoms with Gasteiger partial charge in [-0.05, 0) is 56.2 Å². The molecule has 2 aromatic rings. The average molecular weight is 350 g/mol. The highest BCUT2D eigenvalue weighted by Crippen LogP contribution is 2.29. The van der Waals surface area contributed by atoms with E-state index in [1.807, 2.05) is 45.0 Å². The van der Waals surface area contributed by atoms with Crippen LogP contribution in [-0.2, 0) is 4.79 Å². The van der Waals surface area contributed by atoms with Gasteiger partial charge in [0.05, 0.1) is 13.7 Å². The van der Waals surface area contributed by atoms with Gasteiger partial charge >= 0.3 is 0 Å². The number of nitrogens with zero attached hydrogens (tertiary/aromatic N) is 1. The summed E-state index contributed by atoms with van der Waals surface area (Å²) in [5.74, 6) is 0.713. The highest BCUT2D eigenvalue weighted by Gasteiger charge is 2.12. The summed E-state index contributed by atoms with van der Waals surface area (Å²) in [5, 5.41) is 12.2. The lowest BCUT2D eigenvalue weighted by Crippen LogP contribution is -2.14. The van der Waals surface area contributed by atoms with Gasteiger partial charge in [0.2, 0.25) is 0 Å². The first-order valence-electron chi connectivity index (χ1n) is 8.29. The predicted octanol–water partition coefficient (Wildman–Crippen LogP) is 4.26. The molecule has 0 unspecified atom stereocenters. The van der Waals surface area contributed by atoms with Crippen LogP contribution in [0.1, 0.15) is 23.6 Å². The van der Waals surface area contributed by atoms with E-state index >= 15 is 0 Å². The number of methoxy groups -OCH3 is 1. The Morgan fingerprint density at radius 3 is 2.58 bits per heavy atom. The monoisotopic (exact) mass is 350 g/mol. The number of benzene rings is 2. The third-order valence-electron chi connectivity index (χ3n) is 3.79. The molecule has 0 aliphatic heterocycles. The summed E-state index contributed by atoms with van der Waals surface area (Å²) in [6, 6.07) is 12.9. The van der Waals surface area contributed by atoms with Crippen LogP contribution >= 0.6 is 0 Å². The second-order valence-corrected chi connectivity index (χ2v) is 5.79. The van der Waals surface area contributed by atoms with Crippen molar-refractivity contribution in [3.8, 4) is 17.6 Å². The zero-order chi connectivity index (χ0) is 19.1. The Morgan fingerprint density at radius 2 is 1.96 bits per heavy atom. The fourth-order valence-electron chi connectivity index (χ4n) is 2.51. The fraction of sp³-hybridized carbons (Fsp3) is 0.238. The fourth-order valence-corrected chi connectivity index (χ4v) is 2.51. The molecule has 2 rings (SSSR count). The molecule has 0 radical (unpaired) electrons. The molecule has 0 heterocycles. The van der Waals surface area contributed by atoms with Crippen molar-refractivity contribution in [2.24, 2.45) is 0 Å². The van der Waals surface area contributed by atoms with Crippen LogP contribution in [0.25, 0.3) is 6.08 Å². The third kappa shape index (κ3) is 4.64. The Morgan fingerprint density at radius 1 is 1.19 bits per heavy atom. The maximum atomic E-state index is 12.5. The molecule has 0 aromatic heterocycles. The van der Waals surface area contributed by atoms with Crippen LogP contribution in [0.3, 0.4) is 0 Å². The number of ether oxygens (including phenoxy) is 2. The minimum Gasteiger partial charge on any atom is -0.493 e. The highest BCUT2D eigenvalue weighted by molar-refractivity contribution is 6.10. The largest absolute Gasteiger partial charge is 0.493 e. The average Bonchev–Trinajstić information content (AvgIpc) is 2.63. The lowest BCUT2D eigenvalue weighted by atomic mass is 10.1. The Hall–Kier alpha value is -3.26. The van der Waals surface area contributed by atoms with Crippen LogP contribution in [0.2, 0.25) is 0 Å². The number of carbonyl (C=O) groups is 1. The van der Waals surface area contributed by atoms with E-state index in [0.717, 1.165) is 11.1 Å². The lowest BCUT2D eigenvalue weighted by Gasteiger charge is -2.10. The van der Waals surface area contributed by atoms with Gasteiger partial charge in [-0.25, -0.2) is 0 Å². The van der Waals surface area contributed by atoms with Crippen molar-refractivity contribution >= 4 is 17.7 Å². The van der Waals surface area contributed by atoms with Gasteiger partial charge in [0.15, 0.2) is 11.5 Å². The van der Waals surface area contributed by atoms with Gasteiger partial charge in [-0.3, -0.25) is 4.79 Å². The van der Waals surface area contributed by atoms with Crippen LogP contribution in [0.15, 0.2) is 42.0 Å². The number of rotatable bonds is 6. The molecule has 0 aliphatic carbocycles. The number of anilines is 1. The normalized spacial score (nSPS) is 10.8. The van der Waals surface area contributed by atoms with E-state index < -0.39 is 5.91 Å². The second kappa shape index (κ2) is 8.72. The molecule has 0 fully saturated rings. The third-order valence-corrected chi connectivity index (χ3v) is 3.79. The molecule has 0 aliphatic rings. The van der Waals surface area contributed by atoms with E-state index in [-0.39, 0.29) is 5.57 Å². The smallest absolute Gasteiger partial charge is 0.266 e. The second-order valence-electron chi connectivity index (χ2n) is 5.79. The molecule has 0 bridgehead atoms. The van der Waals surface area contributed by atoms with Gasteiger partial charge in [0.25, 0.3) is 5.91 Å². The van der Waals surface area contributed by atoms with Crippen LogP contribution in [0.5, 0.6) is 11.5 Å². The van der Waals surface area contributed by atoms with Crippen molar-refractivity contribution in [3.63, 3.8) is 0 Å². The molecule has 134 valence electrons. The van der Waals surface area contributed by atoms with Crippen LogP contribution in [-0.4, -0.2) is 19.6 Å². The maximum absolute atomic E-state index is 12.5. The number of nitrogens with one attached hydrogen (secondary N) is 1. The van der Waals surface area contributed by atoms with Gasteiger partial charge in [0, 0.05) is 5.69 Å². The summed E-state index contributed by atoms with van der Waals surface area (Å²) < 4.78 is 10.8. The Balaban J connectivity index is 2.26. The SMILES string of the molecule is CCOc1ccc(/C=C(\C#N)C(=O)Nc2ccc(C)cc2C)cc1OC. The van der Waals surface area contributed by atoms with Crippen molar-refractivity contribution in [1.29, 1.82) is 5.26 Å². The van der Waals surface area contributed by atoms with E-state index in [1.54, 1.807) is 25.3 Å². The van der Waals surface area contributed by atoms with E-state index in [1.165, 1.54) is 6.08 Å². The topological polar surface area (TPSA) is 71.3 Å². The van der Waals surface area contributed by atoms with E-state index in [0.29, 0.717) is 29.4 Å². The summed E-state index contributed by atoms with van der Waals surface area (Å²) in [6.07, 6.45) is 1.52. The predicted molar refractivity (Wildman–Crippen MR) is 102 cm³/mol. The van der Waals surface area contributed by atoms with E-state index in [2.05, 4.69) is 5.32 Å². The van der Waals surface area contributed by atoms with Crippen molar-refractivity contribution in [3.05, 3.63) is 58.7 Å². The molecule has 5 heteroatoms. The first kappa shape index (κ1) is 19.1. The molecule has 0 atom stereocenters. The highest BCUT2D eigenvalue weighted by atomic mass is 16.5. The van der Waals surface area contributed by atoms with E-state index in [9.17, 15) is 10.1 Å². The van der Waals surface area contributed by atoms with Crippen LogP contribution < -0.4 is 14.8 Å². The summed E-state index contributed by atoms with van der Waals surface area (Å²) in [4.78, 5) is 12.5. The molecule has 0 saturated heterocycles. The van der Waals surface area contributed by atoms with Crippen LogP contribution in [0, 0.1) is 25.2 Å². The van der Waals surface area contributed by atoms with Crippen molar-refractivity contribution < 1.29 is 14.3 Å². The molecular formula is C21H22N2O3. The molecule has 0 saturated carbocycles. The van der Waals surface area contributed by atoms with Gasteiger partial charge in [-0.15, -0.1) is 0 Å². The summed E-state index contributed by atoms with van der Waals surface area (Å²) in [7, 11) is 1.55. The number of aryl methyl sites for hydroxylation is 2. The maximum Gasteiger partial charge on any atom is 0.266 e. The number of amides is 1. The molecule has 26 heavy (non-hydrogen) atoms. The first-order valence-corrected chi connectivity index (χ1v) is 8.29. The van der Waals surface area contributed by atoms with Gasteiger partial charge in [-0.2, -0.15) is 5.26 Å². The van der Waals surface area contributed by atoms with Crippen molar-refractivity contribution in [2.75, 3.05) is 19.0 Å². The lowest BCUT2D eigenvalue weighted by molar-refractivity contribution is -0.112. The Bertz CT molecular complexity index is 879. The molecule has 1 amide bonds. The summed E-state index contributed by atoms with van der Waals surface area (Å²) >= 11 is 0. The van der Waals surface area contributed by atoms with Gasteiger partial charge < -0.3 is 14.8 Å². The Kier molecular flexibility index (Phi) is 6.40. The molecular weight excluding hydrogens is 328 g/mol. The Labute approximate surface area is 153 Å². The number of nitriles is 1. The van der Waals surface area contributed by atoms with Crippen molar-refractivity contribution in [2.45, 2.75) is 20.8 Å². The zero-order valence-corrected chi connectivity index (χ0v) is 15.4. The molecule has 2 aromatic carbocycles. The molecule has 1 N–H and O–H groups in total. The standard InChI is InChI=1S/C21H22N2O3/c1-5-26-19-9-7-16(12-20(19)25-4)11-17(13-22)21(24)23-18-8-6-14(2)10-15(18)3/h6-12H,5H2,1-4H3,(H,23,24)/b17-11+. The van der Waals surface area contributed by atoms with Gasteiger partial charge in [0.1, 0.15) is 11.6 Å². The quantitative estimate of drug-likeness (QED) is 0.624. The zero-order valence-electron chi connectivity index (χ0n) is 15.4. The number of hydrogen-bond donors (Lipinski definition) is 1. The minimum absolute atomic E-state index is 0.0104. The van der Waals surface area contributed by atoms with Crippen LogP contribution in [0.4, 0.5) is 5.69 Å². The number of hydrogen-bond acceptors (Lipinski definition) is 4. The summed E-state index contributed by atoms with van der Waals surface area (Å²) in [6.45, 7) is 6.31. The van der Waals surface area contributed by atoms with Gasteiger partial charge in [-0.1, -0.05) is 23.8 Å².